The molecule has 1 heterocycles. The summed E-state index contributed by atoms with van der Waals surface area (Å²) in [7, 11) is 2.08. The Morgan fingerprint density at radius 3 is 2.71 bits per heavy atom. The Hall–Kier alpha value is -1.48. The summed E-state index contributed by atoms with van der Waals surface area (Å²) >= 11 is 0. The molecule has 1 aromatic carbocycles. The van der Waals surface area contributed by atoms with Gasteiger partial charge < -0.3 is 16.0 Å². The largest absolute Gasteiger partial charge is 0.399 e. The van der Waals surface area contributed by atoms with Crippen LogP contribution in [0.25, 0.3) is 10.9 Å². The second-order valence-electron chi connectivity index (χ2n) is 4.77. The van der Waals surface area contributed by atoms with Crippen molar-refractivity contribution in [2.45, 2.75) is 32.7 Å². The van der Waals surface area contributed by atoms with Crippen LogP contribution in [0.3, 0.4) is 0 Å². The number of nitrogens with two attached hydrogens (primary N) is 2. The standard InChI is InChI=1S/C14H21N3/c1-4-10(15)7-13-9(2)17(3)14-8-11(16)5-6-12(13)14/h5-6,8,10H,4,7,15-16H2,1-3H3. The molecule has 0 spiro atoms. The molecule has 3 heteroatoms. The number of rotatable bonds is 3. The average molecular weight is 231 g/mol. The molecule has 2 rings (SSSR count). The second kappa shape index (κ2) is 4.41. The van der Waals surface area contributed by atoms with Crippen LogP contribution < -0.4 is 11.5 Å². The van der Waals surface area contributed by atoms with Crippen LogP contribution in [-0.2, 0) is 13.5 Å². The van der Waals surface area contributed by atoms with Crippen molar-refractivity contribution in [3.05, 3.63) is 29.5 Å². The molecule has 0 saturated carbocycles. The summed E-state index contributed by atoms with van der Waals surface area (Å²) in [6, 6.07) is 6.33. The van der Waals surface area contributed by atoms with E-state index in [1.807, 2.05) is 12.1 Å². The predicted octanol–water partition coefficient (Wildman–Crippen LogP) is 2.35. The number of nitrogen functional groups attached to an aromatic ring is 1. The number of benzene rings is 1. The van der Waals surface area contributed by atoms with Crippen molar-refractivity contribution in [3.63, 3.8) is 0 Å². The molecule has 0 aliphatic heterocycles. The summed E-state index contributed by atoms with van der Waals surface area (Å²) in [6.45, 7) is 4.27. The van der Waals surface area contributed by atoms with Crippen LogP contribution in [0.1, 0.15) is 24.6 Å². The van der Waals surface area contributed by atoms with Gasteiger partial charge in [0, 0.05) is 29.9 Å². The third-order valence-electron chi connectivity index (χ3n) is 3.64. The van der Waals surface area contributed by atoms with E-state index in [1.165, 1.54) is 22.2 Å². The van der Waals surface area contributed by atoms with Crippen LogP contribution in [-0.4, -0.2) is 10.6 Å². The molecular weight excluding hydrogens is 210 g/mol. The van der Waals surface area contributed by atoms with Gasteiger partial charge in [0.2, 0.25) is 0 Å². The molecule has 0 bridgehead atoms. The van der Waals surface area contributed by atoms with E-state index in [0.29, 0.717) is 0 Å². The average Bonchev–Trinajstić information content (AvgIpc) is 2.54. The summed E-state index contributed by atoms with van der Waals surface area (Å²) in [5, 5.41) is 1.28. The molecule has 17 heavy (non-hydrogen) atoms. The summed E-state index contributed by atoms with van der Waals surface area (Å²) in [4.78, 5) is 0. The van der Waals surface area contributed by atoms with Gasteiger partial charge in [-0.15, -0.1) is 0 Å². The molecule has 0 aliphatic carbocycles. The quantitative estimate of drug-likeness (QED) is 0.797. The highest BCUT2D eigenvalue weighted by Crippen LogP contribution is 2.27. The zero-order chi connectivity index (χ0) is 12.6. The van der Waals surface area contributed by atoms with E-state index in [1.54, 1.807) is 0 Å². The van der Waals surface area contributed by atoms with Gasteiger partial charge in [-0.05, 0) is 37.5 Å². The molecule has 3 nitrogen and oxygen atoms in total. The fraction of sp³-hybridized carbons (Fsp3) is 0.429. The maximum absolute atomic E-state index is 6.07. The van der Waals surface area contributed by atoms with Gasteiger partial charge in [0.05, 0.1) is 5.52 Å². The van der Waals surface area contributed by atoms with E-state index >= 15 is 0 Å². The Bertz CT molecular complexity index is 540. The molecule has 2 aromatic rings. The maximum Gasteiger partial charge on any atom is 0.0503 e. The first-order chi connectivity index (χ1) is 8.04. The Kier molecular flexibility index (Phi) is 3.11. The van der Waals surface area contributed by atoms with E-state index < -0.39 is 0 Å². The number of nitrogens with zero attached hydrogens (tertiary/aromatic N) is 1. The monoisotopic (exact) mass is 231 g/mol. The van der Waals surface area contributed by atoms with Gasteiger partial charge in [0.1, 0.15) is 0 Å². The van der Waals surface area contributed by atoms with Crippen LogP contribution >= 0.6 is 0 Å². The highest BCUT2D eigenvalue weighted by atomic mass is 14.9. The first-order valence-electron chi connectivity index (χ1n) is 6.13. The van der Waals surface area contributed by atoms with E-state index in [4.69, 9.17) is 11.5 Å². The number of hydrogen-bond acceptors (Lipinski definition) is 2. The van der Waals surface area contributed by atoms with E-state index in [2.05, 4.69) is 31.5 Å². The van der Waals surface area contributed by atoms with Crippen molar-refractivity contribution in [1.82, 2.24) is 4.57 Å². The van der Waals surface area contributed by atoms with Gasteiger partial charge in [0.25, 0.3) is 0 Å². The summed E-state index contributed by atoms with van der Waals surface area (Å²) in [5.74, 6) is 0. The molecule has 0 fully saturated rings. The fourth-order valence-corrected chi connectivity index (χ4v) is 2.32. The van der Waals surface area contributed by atoms with Crippen molar-refractivity contribution < 1.29 is 0 Å². The van der Waals surface area contributed by atoms with Crippen LogP contribution in [0.15, 0.2) is 18.2 Å². The number of aryl methyl sites for hydroxylation is 1. The van der Waals surface area contributed by atoms with Gasteiger partial charge in [-0.2, -0.15) is 0 Å². The third kappa shape index (κ3) is 2.03. The summed E-state index contributed by atoms with van der Waals surface area (Å²) in [6.07, 6.45) is 1.94. The predicted molar refractivity (Wildman–Crippen MR) is 74.0 cm³/mol. The Balaban J connectivity index is 2.58. The molecular formula is C14H21N3. The van der Waals surface area contributed by atoms with Crippen LogP contribution in [0, 0.1) is 6.92 Å². The minimum atomic E-state index is 0.233. The molecule has 4 N–H and O–H groups in total. The Labute approximate surface area is 102 Å². The van der Waals surface area contributed by atoms with Gasteiger partial charge in [-0.1, -0.05) is 13.0 Å². The molecule has 1 atom stereocenters. The Morgan fingerprint density at radius 2 is 2.06 bits per heavy atom. The van der Waals surface area contributed by atoms with Crippen LogP contribution in [0.2, 0.25) is 0 Å². The highest BCUT2D eigenvalue weighted by molar-refractivity contribution is 5.88. The first kappa shape index (κ1) is 12.0. The Morgan fingerprint density at radius 1 is 1.35 bits per heavy atom. The van der Waals surface area contributed by atoms with Gasteiger partial charge in [0.15, 0.2) is 0 Å². The van der Waals surface area contributed by atoms with E-state index in [-0.39, 0.29) is 6.04 Å². The molecule has 0 saturated heterocycles. The van der Waals surface area contributed by atoms with Crippen molar-refractivity contribution in [1.29, 1.82) is 0 Å². The first-order valence-corrected chi connectivity index (χ1v) is 6.13. The zero-order valence-corrected chi connectivity index (χ0v) is 10.8. The maximum atomic E-state index is 6.07. The number of hydrogen-bond donors (Lipinski definition) is 2. The zero-order valence-electron chi connectivity index (χ0n) is 10.8. The molecule has 0 aliphatic rings. The molecule has 92 valence electrons. The number of aromatic nitrogens is 1. The van der Waals surface area contributed by atoms with Crippen molar-refractivity contribution >= 4 is 16.6 Å². The van der Waals surface area contributed by atoms with E-state index in [0.717, 1.165) is 18.5 Å². The minimum absolute atomic E-state index is 0.233. The van der Waals surface area contributed by atoms with Gasteiger partial charge >= 0.3 is 0 Å². The lowest BCUT2D eigenvalue weighted by atomic mass is 10.0. The smallest absolute Gasteiger partial charge is 0.0503 e. The number of anilines is 1. The molecule has 0 amide bonds. The molecule has 1 aromatic heterocycles. The molecule has 0 radical (unpaired) electrons. The summed E-state index contributed by atoms with van der Waals surface area (Å²) < 4.78 is 2.20. The van der Waals surface area contributed by atoms with Crippen molar-refractivity contribution in [2.24, 2.45) is 12.8 Å². The van der Waals surface area contributed by atoms with E-state index in [9.17, 15) is 0 Å². The summed E-state index contributed by atoms with van der Waals surface area (Å²) in [5.41, 5.74) is 16.6. The third-order valence-corrected chi connectivity index (χ3v) is 3.64. The van der Waals surface area contributed by atoms with Crippen molar-refractivity contribution in [3.8, 4) is 0 Å². The normalized spacial score (nSPS) is 13.2. The van der Waals surface area contributed by atoms with Crippen molar-refractivity contribution in [2.75, 3.05) is 5.73 Å². The lowest BCUT2D eigenvalue weighted by Crippen LogP contribution is -2.21. The SMILES string of the molecule is CCC(N)Cc1c(C)n(C)c2cc(N)ccc12. The lowest BCUT2D eigenvalue weighted by molar-refractivity contribution is 0.644. The van der Waals surface area contributed by atoms with Crippen LogP contribution in [0.4, 0.5) is 5.69 Å². The topological polar surface area (TPSA) is 57.0 Å². The second-order valence-corrected chi connectivity index (χ2v) is 4.77. The van der Waals surface area contributed by atoms with Gasteiger partial charge in [-0.25, -0.2) is 0 Å². The van der Waals surface area contributed by atoms with Crippen LogP contribution in [0.5, 0.6) is 0 Å². The minimum Gasteiger partial charge on any atom is -0.399 e. The lowest BCUT2D eigenvalue weighted by Gasteiger charge is -2.09. The molecule has 1 unspecified atom stereocenters. The van der Waals surface area contributed by atoms with Gasteiger partial charge in [-0.3, -0.25) is 0 Å². The number of fused-ring (bicyclic) bond motifs is 1. The fourth-order valence-electron chi connectivity index (χ4n) is 2.32. The highest BCUT2D eigenvalue weighted by Gasteiger charge is 2.13.